The van der Waals surface area contributed by atoms with Gasteiger partial charge in [-0.25, -0.2) is 9.97 Å². The second-order valence-electron chi connectivity index (χ2n) is 3.94. The van der Waals surface area contributed by atoms with Gasteiger partial charge in [-0.1, -0.05) is 0 Å². The minimum Gasteiger partial charge on any atom is -0.378 e. The Hall–Kier alpha value is -1.20. The lowest BCUT2D eigenvalue weighted by atomic mass is 10.2. The Morgan fingerprint density at radius 2 is 2.12 bits per heavy atom. The summed E-state index contributed by atoms with van der Waals surface area (Å²) in [4.78, 5) is 11.1. The Morgan fingerprint density at radius 1 is 1.38 bits per heavy atom. The Kier molecular flexibility index (Phi) is 3.69. The molecule has 0 radical (unpaired) electrons. The Morgan fingerprint density at radius 3 is 2.81 bits per heavy atom. The molecule has 0 amide bonds. The van der Waals surface area contributed by atoms with Gasteiger partial charge in [-0.2, -0.15) is 0 Å². The van der Waals surface area contributed by atoms with Crippen LogP contribution in [-0.4, -0.2) is 42.8 Å². The molecule has 5 heteroatoms. The Balaban J connectivity index is 2.18. The van der Waals surface area contributed by atoms with Crippen molar-refractivity contribution in [3.8, 4) is 0 Å². The minimum atomic E-state index is 0.624. The van der Waals surface area contributed by atoms with Crippen LogP contribution < -0.4 is 10.6 Å². The fourth-order valence-electron chi connectivity index (χ4n) is 1.80. The van der Waals surface area contributed by atoms with E-state index in [0.29, 0.717) is 6.54 Å². The van der Waals surface area contributed by atoms with Gasteiger partial charge in [0.25, 0.3) is 0 Å². The molecule has 0 spiro atoms. The fraction of sp³-hybridized carbons (Fsp3) is 0.636. The van der Waals surface area contributed by atoms with E-state index >= 15 is 0 Å². The molecule has 0 bridgehead atoms. The first-order valence-corrected chi connectivity index (χ1v) is 5.67. The van der Waals surface area contributed by atoms with Crippen LogP contribution in [0.15, 0.2) is 6.07 Å². The molecule has 2 heterocycles. The lowest BCUT2D eigenvalue weighted by molar-refractivity contribution is 0.122. The largest absolute Gasteiger partial charge is 0.378 e. The second-order valence-corrected chi connectivity index (χ2v) is 3.94. The zero-order chi connectivity index (χ0) is 11.4. The van der Waals surface area contributed by atoms with Crippen molar-refractivity contribution in [3.63, 3.8) is 0 Å². The van der Waals surface area contributed by atoms with Crippen molar-refractivity contribution in [2.24, 2.45) is 5.73 Å². The van der Waals surface area contributed by atoms with Crippen molar-refractivity contribution in [1.82, 2.24) is 9.97 Å². The molecule has 1 aromatic rings. The Bertz CT molecular complexity index is 350. The number of ether oxygens (including phenoxy) is 1. The molecule has 0 saturated carbocycles. The number of aryl methyl sites for hydroxylation is 1. The SMILES string of the molecule is Cc1cc(CCN)nc(N2CCOCC2)n1. The average Bonchev–Trinajstić information content (AvgIpc) is 2.30. The van der Waals surface area contributed by atoms with E-state index in [1.807, 2.05) is 13.0 Å². The summed E-state index contributed by atoms with van der Waals surface area (Å²) in [7, 11) is 0. The first-order valence-electron chi connectivity index (χ1n) is 5.67. The van der Waals surface area contributed by atoms with E-state index in [2.05, 4.69) is 14.9 Å². The monoisotopic (exact) mass is 222 g/mol. The maximum atomic E-state index is 5.55. The van der Waals surface area contributed by atoms with Gasteiger partial charge in [0.1, 0.15) is 0 Å². The van der Waals surface area contributed by atoms with Crippen molar-refractivity contribution >= 4 is 5.95 Å². The fourth-order valence-corrected chi connectivity index (χ4v) is 1.80. The van der Waals surface area contributed by atoms with E-state index in [0.717, 1.165) is 50.1 Å². The Labute approximate surface area is 95.6 Å². The van der Waals surface area contributed by atoms with Crippen molar-refractivity contribution < 1.29 is 4.74 Å². The molecular formula is C11H18N4O. The summed E-state index contributed by atoms with van der Waals surface area (Å²) in [6.45, 7) is 5.86. The number of morpholine rings is 1. The maximum Gasteiger partial charge on any atom is 0.225 e. The zero-order valence-electron chi connectivity index (χ0n) is 9.65. The number of nitrogens with two attached hydrogens (primary N) is 1. The molecule has 1 fully saturated rings. The van der Waals surface area contributed by atoms with Crippen LogP contribution in [0.1, 0.15) is 11.4 Å². The highest BCUT2D eigenvalue weighted by Crippen LogP contribution is 2.12. The van der Waals surface area contributed by atoms with Crippen LogP contribution >= 0.6 is 0 Å². The first kappa shape index (κ1) is 11.3. The molecule has 0 atom stereocenters. The smallest absolute Gasteiger partial charge is 0.225 e. The van der Waals surface area contributed by atoms with Crippen LogP contribution in [0.3, 0.4) is 0 Å². The van der Waals surface area contributed by atoms with Crippen molar-refractivity contribution in [3.05, 3.63) is 17.5 Å². The van der Waals surface area contributed by atoms with Crippen molar-refractivity contribution in [1.29, 1.82) is 0 Å². The molecule has 1 aromatic heterocycles. The van der Waals surface area contributed by atoms with Crippen LogP contribution in [0.4, 0.5) is 5.95 Å². The molecule has 2 rings (SSSR count). The number of anilines is 1. The third-order valence-electron chi connectivity index (χ3n) is 2.59. The number of hydrogen-bond donors (Lipinski definition) is 1. The maximum absolute atomic E-state index is 5.55. The normalized spacial score (nSPS) is 16.5. The van der Waals surface area contributed by atoms with E-state index in [4.69, 9.17) is 10.5 Å². The van der Waals surface area contributed by atoms with E-state index in [1.165, 1.54) is 0 Å². The van der Waals surface area contributed by atoms with E-state index in [-0.39, 0.29) is 0 Å². The molecule has 0 aliphatic carbocycles. The highest BCUT2D eigenvalue weighted by Gasteiger charge is 2.14. The summed E-state index contributed by atoms with van der Waals surface area (Å²) in [5.74, 6) is 0.812. The number of nitrogens with zero attached hydrogens (tertiary/aromatic N) is 3. The van der Waals surface area contributed by atoms with Crippen molar-refractivity contribution in [2.75, 3.05) is 37.7 Å². The highest BCUT2D eigenvalue weighted by atomic mass is 16.5. The summed E-state index contributed by atoms with van der Waals surface area (Å²) in [5.41, 5.74) is 7.57. The second kappa shape index (κ2) is 5.23. The molecule has 1 aliphatic heterocycles. The van der Waals surface area contributed by atoms with Gasteiger partial charge in [-0.05, 0) is 19.5 Å². The van der Waals surface area contributed by atoms with Gasteiger partial charge in [0.2, 0.25) is 5.95 Å². The van der Waals surface area contributed by atoms with Crippen LogP contribution in [0.5, 0.6) is 0 Å². The lowest BCUT2D eigenvalue weighted by Crippen LogP contribution is -2.37. The molecule has 0 unspecified atom stereocenters. The lowest BCUT2D eigenvalue weighted by Gasteiger charge is -2.27. The molecule has 1 aliphatic rings. The third kappa shape index (κ3) is 2.68. The summed E-state index contributed by atoms with van der Waals surface area (Å²) >= 11 is 0. The van der Waals surface area contributed by atoms with Gasteiger partial charge in [-0.3, -0.25) is 0 Å². The highest BCUT2D eigenvalue weighted by molar-refractivity contribution is 5.32. The molecule has 16 heavy (non-hydrogen) atoms. The zero-order valence-corrected chi connectivity index (χ0v) is 9.65. The predicted octanol–water partition coefficient (Wildman–Crippen LogP) is 0.123. The molecule has 2 N–H and O–H groups in total. The summed E-state index contributed by atoms with van der Waals surface area (Å²) < 4.78 is 5.31. The number of rotatable bonds is 3. The number of aromatic nitrogens is 2. The molecule has 5 nitrogen and oxygen atoms in total. The minimum absolute atomic E-state index is 0.624. The van der Waals surface area contributed by atoms with E-state index in [1.54, 1.807) is 0 Å². The summed E-state index contributed by atoms with van der Waals surface area (Å²) in [6.07, 6.45) is 0.806. The van der Waals surface area contributed by atoms with Gasteiger partial charge in [0, 0.05) is 30.9 Å². The molecule has 88 valence electrons. The van der Waals surface area contributed by atoms with Gasteiger partial charge in [0.05, 0.1) is 13.2 Å². The van der Waals surface area contributed by atoms with Gasteiger partial charge >= 0.3 is 0 Å². The molecule has 0 aromatic carbocycles. The van der Waals surface area contributed by atoms with Gasteiger partial charge in [0.15, 0.2) is 0 Å². The summed E-state index contributed by atoms with van der Waals surface area (Å²) in [6, 6.07) is 2.00. The van der Waals surface area contributed by atoms with Crippen molar-refractivity contribution in [2.45, 2.75) is 13.3 Å². The third-order valence-corrected chi connectivity index (χ3v) is 2.59. The van der Waals surface area contributed by atoms with Gasteiger partial charge in [-0.15, -0.1) is 0 Å². The summed E-state index contributed by atoms with van der Waals surface area (Å²) in [5, 5.41) is 0. The predicted molar refractivity (Wildman–Crippen MR) is 62.6 cm³/mol. The van der Waals surface area contributed by atoms with E-state index < -0.39 is 0 Å². The van der Waals surface area contributed by atoms with Crippen LogP contribution in [-0.2, 0) is 11.2 Å². The first-order chi connectivity index (χ1) is 7.79. The molecular weight excluding hydrogens is 204 g/mol. The van der Waals surface area contributed by atoms with E-state index in [9.17, 15) is 0 Å². The molecule has 1 saturated heterocycles. The van der Waals surface area contributed by atoms with Crippen LogP contribution in [0, 0.1) is 6.92 Å². The number of hydrogen-bond acceptors (Lipinski definition) is 5. The van der Waals surface area contributed by atoms with Crippen LogP contribution in [0.25, 0.3) is 0 Å². The quantitative estimate of drug-likeness (QED) is 0.787. The standard InChI is InChI=1S/C11H18N4O/c1-9-8-10(2-3-12)14-11(13-9)15-4-6-16-7-5-15/h8H,2-7,12H2,1H3. The van der Waals surface area contributed by atoms with Gasteiger partial charge < -0.3 is 15.4 Å². The average molecular weight is 222 g/mol. The topological polar surface area (TPSA) is 64.3 Å². The van der Waals surface area contributed by atoms with Crippen LogP contribution in [0.2, 0.25) is 0 Å².